The first-order valence-electron chi connectivity index (χ1n) is 9.88. The second-order valence-corrected chi connectivity index (χ2v) is 8.67. The molecule has 29 heavy (non-hydrogen) atoms. The average Bonchev–Trinajstić information content (AvgIpc) is 3.27. The van der Waals surface area contributed by atoms with Gasteiger partial charge < -0.3 is 15.2 Å². The standard InChI is InChI=1S/C25H26ClNO2/c1-25(2)20(15-27-21-14-16(26)12-13-23(21)29-3)24(25)19-10-5-4-8-17(19)18-9-6-7-11-22(18)28/h4-14,20,24,27-28H,15H2,1-3H3. The van der Waals surface area contributed by atoms with E-state index in [1.807, 2.05) is 42.5 Å². The number of phenols is 1. The van der Waals surface area contributed by atoms with Gasteiger partial charge in [0.1, 0.15) is 11.5 Å². The Morgan fingerprint density at radius 3 is 2.41 bits per heavy atom. The van der Waals surface area contributed by atoms with E-state index in [4.69, 9.17) is 16.3 Å². The molecule has 1 aliphatic carbocycles. The molecule has 0 saturated heterocycles. The molecular weight excluding hydrogens is 382 g/mol. The zero-order valence-corrected chi connectivity index (χ0v) is 17.7. The third-order valence-corrected chi connectivity index (χ3v) is 6.45. The highest BCUT2D eigenvalue weighted by molar-refractivity contribution is 6.30. The maximum atomic E-state index is 10.4. The lowest BCUT2D eigenvalue weighted by atomic mass is 9.93. The molecule has 1 aliphatic rings. The molecule has 2 N–H and O–H groups in total. The van der Waals surface area contributed by atoms with Gasteiger partial charge in [0.25, 0.3) is 0 Å². The van der Waals surface area contributed by atoms with Crippen LogP contribution in [-0.4, -0.2) is 18.8 Å². The number of methoxy groups -OCH3 is 1. The summed E-state index contributed by atoms with van der Waals surface area (Å²) in [4.78, 5) is 0. The molecule has 4 rings (SSSR count). The number of nitrogens with one attached hydrogen (secondary N) is 1. The van der Waals surface area contributed by atoms with Crippen molar-refractivity contribution in [3.05, 3.63) is 77.3 Å². The fraction of sp³-hybridized carbons (Fsp3) is 0.280. The normalized spacial score (nSPS) is 19.6. The molecule has 3 aromatic rings. The van der Waals surface area contributed by atoms with Gasteiger partial charge in [-0.15, -0.1) is 0 Å². The molecule has 0 aromatic heterocycles. The first-order chi connectivity index (χ1) is 13.9. The number of hydrogen-bond donors (Lipinski definition) is 2. The van der Waals surface area contributed by atoms with E-state index in [0.29, 0.717) is 22.6 Å². The number of rotatable bonds is 6. The van der Waals surface area contributed by atoms with Crippen LogP contribution in [0.2, 0.25) is 5.02 Å². The van der Waals surface area contributed by atoms with E-state index in [1.165, 1.54) is 5.56 Å². The number of hydrogen-bond acceptors (Lipinski definition) is 3. The lowest BCUT2D eigenvalue weighted by molar-refractivity contribution is 0.416. The maximum absolute atomic E-state index is 10.4. The minimum absolute atomic E-state index is 0.152. The van der Waals surface area contributed by atoms with Crippen LogP contribution >= 0.6 is 11.6 Å². The van der Waals surface area contributed by atoms with E-state index >= 15 is 0 Å². The fourth-order valence-electron chi connectivity index (χ4n) is 4.50. The molecule has 3 nitrogen and oxygen atoms in total. The molecular formula is C25H26ClNO2. The lowest BCUT2D eigenvalue weighted by Gasteiger charge is -2.13. The molecule has 1 saturated carbocycles. The van der Waals surface area contributed by atoms with Crippen LogP contribution < -0.4 is 10.1 Å². The molecule has 3 aromatic carbocycles. The highest BCUT2D eigenvalue weighted by Crippen LogP contribution is 2.65. The van der Waals surface area contributed by atoms with Crippen molar-refractivity contribution in [3.63, 3.8) is 0 Å². The summed E-state index contributed by atoms with van der Waals surface area (Å²) in [7, 11) is 1.67. The van der Waals surface area contributed by atoms with Crippen LogP contribution in [0, 0.1) is 11.3 Å². The Morgan fingerprint density at radius 2 is 1.69 bits per heavy atom. The van der Waals surface area contributed by atoms with E-state index < -0.39 is 0 Å². The van der Waals surface area contributed by atoms with Gasteiger partial charge in [-0.2, -0.15) is 0 Å². The second-order valence-electron chi connectivity index (χ2n) is 8.24. The lowest BCUT2D eigenvalue weighted by Crippen LogP contribution is -2.08. The first kappa shape index (κ1) is 19.7. The Labute approximate surface area is 177 Å². The Hall–Kier alpha value is -2.65. The SMILES string of the molecule is COc1ccc(Cl)cc1NCC1C(c2ccccc2-c2ccccc2O)C1(C)C. The monoisotopic (exact) mass is 407 g/mol. The van der Waals surface area contributed by atoms with Gasteiger partial charge in [0.2, 0.25) is 0 Å². The summed E-state index contributed by atoms with van der Waals surface area (Å²) in [6.45, 7) is 5.44. The molecule has 0 amide bonds. The number of halogens is 1. The van der Waals surface area contributed by atoms with Crippen LogP contribution in [0.15, 0.2) is 66.7 Å². The van der Waals surface area contributed by atoms with Gasteiger partial charge in [0, 0.05) is 17.1 Å². The van der Waals surface area contributed by atoms with Crippen LogP contribution in [0.3, 0.4) is 0 Å². The molecule has 0 aliphatic heterocycles. The number of ether oxygens (including phenoxy) is 1. The minimum atomic E-state index is 0.152. The summed E-state index contributed by atoms with van der Waals surface area (Å²) >= 11 is 6.17. The number of para-hydroxylation sites is 1. The van der Waals surface area contributed by atoms with Crippen molar-refractivity contribution in [3.8, 4) is 22.6 Å². The molecule has 2 unspecified atom stereocenters. The van der Waals surface area contributed by atoms with Gasteiger partial charge in [-0.25, -0.2) is 0 Å². The van der Waals surface area contributed by atoms with Crippen molar-refractivity contribution in [2.75, 3.05) is 19.0 Å². The summed E-state index contributed by atoms with van der Waals surface area (Å²) in [6.07, 6.45) is 0. The zero-order valence-electron chi connectivity index (χ0n) is 16.9. The Balaban J connectivity index is 1.60. The van der Waals surface area contributed by atoms with Crippen LogP contribution in [0.5, 0.6) is 11.5 Å². The summed E-state index contributed by atoms with van der Waals surface area (Å²) < 4.78 is 5.46. The van der Waals surface area contributed by atoms with Crippen LogP contribution in [-0.2, 0) is 0 Å². The Kier molecular flexibility index (Phi) is 5.18. The van der Waals surface area contributed by atoms with Crippen molar-refractivity contribution < 1.29 is 9.84 Å². The number of phenolic OH excluding ortho intramolecular Hbond substituents is 1. The summed E-state index contributed by atoms with van der Waals surface area (Å²) in [5.74, 6) is 1.96. The van der Waals surface area contributed by atoms with E-state index in [1.54, 1.807) is 13.2 Å². The predicted octanol–water partition coefficient (Wildman–Crippen LogP) is 6.57. The van der Waals surface area contributed by atoms with Crippen LogP contribution in [0.25, 0.3) is 11.1 Å². The van der Waals surface area contributed by atoms with Crippen molar-refractivity contribution in [2.24, 2.45) is 11.3 Å². The van der Waals surface area contributed by atoms with Crippen molar-refractivity contribution in [2.45, 2.75) is 19.8 Å². The fourth-order valence-corrected chi connectivity index (χ4v) is 4.67. The Morgan fingerprint density at radius 1 is 1.00 bits per heavy atom. The van der Waals surface area contributed by atoms with E-state index in [9.17, 15) is 5.11 Å². The van der Waals surface area contributed by atoms with Gasteiger partial charge in [-0.3, -0.25) is 0 Å². The molecule has 0 spiro atoms. The van der Waals surface area contributed by atoms with Gasteiger partial charge in [0.15, 0.2) is 0 Å². The topological polar surface area (TPSA) is 41.5 Å². The number of benzene rings is 3. The van der Waals surface area contributed by atoms with Crippen molar-refractivity contribution in [1.29, 1.82) is 0 Å². The number of aromatic hydroxyl groups is 1. The maximum Gasteiger partial charge on any atom is 0.142 e. The van der Waals surface area contributed by atoms with Gasteiger partial charge in [-0.1, -0.05) is 67.9 Å². The van der Waals surface area contributed by atoms with Gasteiger partial charge >= 0.3 is 0 Å². The molecule has 150 valence electrons. The average molecular weight is 408 g/mol. The Bertz CT molecular complexity index is 1030. The third-order valence-electron chi connectivity index (χ3n) is 6.21. The zero-order chi connectivity index (χ0) is 20.6. The highest BCUT2D eigenvalue weighted by atomic mass is 35.5. The molecule has 0 bridgehead atoms. The number of anilines is 1. The summed E-state index contributed by atoms with van der Waals surface area (Å²) in [6, 6.07) is 21.6. The molecule has 1 fully saturated rings. The molecule has 4 heteroatoms. The first-order valence-corrected chi connectivity index (χ1v) is 10.3. The molecule has 0 radical (unpaired) electrons. The third kappa shape index (κ3) is 3.67. The highest BCUT2D eigenvalue weighted by Gasteiger charge is 2.58. The smallest absolute Gasteiger partial charge is 0.142 e. The van der Waals surface area contributed by atoms with Crippen molar-refractivity contribution >= 4 is 17.3 Å². The van der Waals surface area contributed by atoms with E-state index in [-0.39, 0.29) is 5.41 Å². The van der Waals surface area contributed by atoms with Crippen LogP contribution in [0.4, 0.5) is 5.69 Å². The van der Waals surface area contributed by atoms with Crippen molar-refractivity contribution in [1.82, 2.24) is 0 Å². The summed E-state index contributed by atoms with van der Waals surface area (Å²) in [5.41, 5.74) is 4.33. The molecule has 2 atom stereocenters. The predicted molar refractivity (Wildman–Crippen MR) is 120 cm³/mol. The van der Waals surface area contributed by atoms with Gasteiger partial charge in [0.05, 0.1) is 12.8 Å². The van der Waals surface area contributed by atoms with E-state index in [0.717, 1.165) is 29.1 Å². The largest absolute Gasteiger partial charge is 0.507 e. The molecule has 0 heterocycles. The van der Waals surface area contributed by atoms with Crippen LogP contribution in [0.1, 0.15) is 25.3 Å². The van der Waals surface area contributed by atoms with E-state index in [2.05, 4.69) is 37.4 Å². The summed E-state index contributed by atoms with van der Waals surface area (Å²) in [5, 5.41) is 14.6. The quantitative estimate of drug-likeness (QED) is 0.485. The second kappa shape index (κ2) is 7.64. The van der Waals surface area contributed by atoms with Gasteiger partial charge in [-0.05, 0) is 52.6 Å². The minimum Gasteiger partial charge on any atom is -0.507 e.